The zero-order valence-electron chi connectivity index (χ0n) is 12.5. The van der Waals surface area contributed by atoms with Gasteiger partial charge in [-0.05, 0) is 36.6 Å². The number of amides is 1. The van der Waals surface area contributed by atoms with Gasteiger partial charge in [0.05, 0.1) is 11.7 Å². The maximum absolute atomic E-state index is 12.0. The van der Waals surface area contributed by atoms with Crippen molar-refractivity contribution >= 4 is 34.7 Å². The molecule has 0 aromatic carbocycles. The summed E-state index contributed by atoms with van der Waals surface area (Å²) in [6.07, 6.45) is 6.89. The van der Waals surface area contributed by atoms with Crippen LogP contribution in [0.1, 0.15) is 22.9 Å². The van der Waals surface area contributed by atoms with Crippen molar-refractivity contribution in [3.05, 3.63) is 63.4 Å². The number of hydrogen-bond acceptors (Lipinski definition) is 5. The van der Waals surface area contributed by atoms with Gasteiger partial charge < -0.3 is 5.32 Å². The number of carbonyl (C=O) groups excluding carboxylic acids is 1. The number of thiazole rings is 1. The molecule has 1 atom stereocenters. The highest BCUT2D eigenvalue weighted by atomic mass is 32.1. The Morgan fingerprint density at radius 3 is 2.96 bits per heavy atom. The van der Waals surface area contributed by atoms with Crippen molar-refractivity contribution in [1.82, 2.24) is 15.3 Å². The molecule has 3 heterocycles. The molecule has 0 spiro atoms. The Morgan fingerprint density at radius 1 is 1.30 bits per heavy atom. The van der Waals surface area contributed by atoms with Gasteiger partial charge in [-0.3, -0.25) is 9.78 Å². The SMILES string of the molecule is C[C@@H](NC(=O)/C=C\c1cccs1)c1nc(-c2cccnc2)cs1. The van der Waals surface area contributed by atoms with Crippen molar-refractivity contribution in [3.63, 3.8) is 0 Å². The third-order valence-corrected chi connectivity index (χ3v) is 5.02. The van der Waals surface area contributed by atoms with E-state index >= 15 is 0 Å². The summed E-state index contributed by atoms with van der Waals surface area (Å²) < 4.78 is 0. The van der Waals surface area contributed by atoms with Crippen molar-refractivity contribution in [3.8, 4) is 11.3 Å². The molecule has 23 heavy (non-hydrogen) atoms. The molecule has 116 valence electrons. The van der Waals surface area contributed by atoms with E-state index in [1.807, 2.05) is 48.0 Å². The van der Waals surface area contributed by atoms with Crippen LogP contribution in [0.4, 0.5) is 0 Å². The first-order valence-corrected chi connectivity index (χ1v) is 8.86. The minimum Gasteiger partial charge on any atom is -0.344 e. The first-order valence-electron chi connectivity index (χ1n) is 7.10. The molecule has 0 radical (unpaired) electrons. The lowest BCUT2D eigenvalue weighted by molar-refractivity contribution is -0.117. The maximum atomic E-state index is 12.0. The predicted molar refractivity (Wildman–Crippen MR) is 95.3 cm³/mol. The predicted octanol–water partition coefficient (Wildman–Crippen LogP) is 4.16. The normalized spacial score (nSPS) is 12.4. The topological polar surface area (TPSA) is 54.9 Å². The van der Waals surface area contributed by atoms with Gasteiger partial charge in [0.2, 0.25) is 5.91 Å². The van der Waals surface area contributed by atoms with E-state index in [2.05, 4.69) is 15.3 Å². The largest absolute Gasteiger partial charge is 0.344 e. The van der Waals surface area contributed by atoms with Gasteiger partial charge in [0.15, 0.2) is 0 Å². The molecular formula is C17H15N3OS2. The van der Waals surface area contributed by atoms with Crippen molar-refractivity contribution in [2.45, 2.75) is 13.0 Å². The highest BCUT2D eigenvalue weighted by Crippen LogP contribution is 2.24. The van der Waals surface area contributed by atoms with Crippen molar-refractivity contribution < 1.29 is 4.79 Å². The van der Waals surface area contributed by atoms with E-state index in [0.717, 1.165) is 21.1 Å². The molecule has 3 aromatic heterocycles. The molecule has 0 fully saturated rings. The first-order chi connectivity index (χ1) is 11.2. The molecule has 6 heteroatoms. The second-order valence-corrected chi connectivity index (χ2v) is 6.76. The fraction of sp³-hybridized carbons (Fsp3) is 0.118. The third kappa shape index (κ3) is 4.12. The van der Waals surface area contributed by atoms with Crippen molar-refractivity contribution in [2.24, 2.45) is 0 Å². The lowest BCUT2D eigenvalue weighted by Gasteiger charge is -2.08. The molecule has 0 saturated carbocycles. The number of rotatable bonds is 5. The number of thiophene rings is 1. The average molecular weight is 341 g/mol. The van der Waals surface area contributed by atoms with Gasteiger partial charge in [-0.25, -0.2) is 4.98 Å². The maximum Gasteiger partial charge on any atom is 0.244 e. The smallest absolute Gasteiger partial charge is 0.244 e. The minimum atomic E-state index is -0.133. The summed E-state index contributed by atoms with van der Waals surface area (Å²) in [6, 6.07) is 7.65. The number of nitrogens with one attached hydrogen (secondary N) is 1. The Bertz CT molecular complexity index is 794. The van der Waals surface area contributed by atoms with Gasteiger partial charge in [-0.1, -0.05) is 6.07 Å². The zero-order valence-corrected chi connectivity index (χ0v) is 14.1. The molecule has 1 N–H and O–H groups in total. The minimum absolute atomic E-state index is 0.121. The van der Waals surface area contributed by atoms with Crippen LogP contribution in [0.5, 0.6) is 0 Å². The summed E-state index contributed by atoms with van der Waals surface area (Å²) in [6.45, 7) is 1.93. The molecule has 0 unspecified atom stereocenters. The fourth-order valence-corrected chi connectivity index (χ4v) is 3.45. The molecule has 1 amide bonds. The van der Waals surface area contributed by atoms with Crippen LogP contribution >= 0.6 is 22.7 Å². The van der Waals surface area contributed by atoms with Crippen molar-refractivity contribution in [2.75, 3.05) is 0 Å². The number of aromatic nitrogens is 2. The van der Waals surface area contributed by atoms with Crippen LogP contribution in [0.15, 0.2) is 53.5 Å². The standard InChI is InChI=1S/C17H15N3OS2/c1-12(19-16(21)7-6-14-5-3-9-22-14)17-20-15(11-23-17)13-4-2-8-18-10-13/h2-12H,1H3,(H,19,21)/b7-6-/t12-/m1/s1. The van der Waals surface area contributed by atoms with E-state index in [1.54, 1.807) is 29.8 Å². The molecule has 3 rings (SSSR count). The Hall–Kier alpha value is -2.31. The van der Waals surface area contributed by atoms with Gasteiger partial charge in [0, 0.05) is 34.3 Å². The van der Waals surface area contributed by atoms with Crippen LogP contribution in [0.25, 0.3) is 17.3 Å². The number of hydrogen-bond donors (Lipinski definition) is 1. The molecule has 0 aliphatic carbocycles. The monoisotopic (exact) mass is 341 g/mol. The molecule has 0 saturated heterocycles. The molecule has 3 aromatic rings. The van der Waals surface area contributed by atoms with Crippen LogP contribution in [0.3, 0.4) is 0 Å². The Morgan fingerprint density at radius 2 is 2.22 bits per heavy atom. The van der Waals surface area contributed by atoms with Gasteiger partial charge in [-0.15, -0.1) is 22.7 Å². The van der Waals surface area contributed by atoms with E-state index in [1.165, 1.54) is 11.3 Å². The zero-order chi connectivity index (χ0) is 16.1. The lowest BCUT2D eigenvalue weighted by atomic mass is 10.2. The Kier molecular flexibility index (Phi) is 4.95. The fourth-order valence-electron chi connectivity index (χ4n) is 2.00. The summed E-state index contributed by atoms with van der Waals surface area (Å²) in [7, 11) is 0. The Labute approximate surface area is 142 Å². The molecule has 0 bridgehead atoms. The molecular weight excluding hydrogens is 326 g/mol. The third-order valence-electron chi connectivity index (χ3n) is 3.15. The molecule has 0 aliphatic heterocycles. The highest BCUT2D eigenvalue weighted by molar-refractivity contribution is 7.10. The first kappa shape index (κ1) is 15.6. The average Bonchev–Trinajstić information content (AvgIpc) is 3.25. The summed E-state index contributed by atoms with van der Waals surface area (Å²) in [5, 5.41) is 7.78. The Balaban J connectivity index is 1.63. The second kappa shape index (κ2) is 7.30. The van der Waals surface area contributed by atoms with E-state index < -0.39 is 0 Å². The summed E-state index contributed by atoms with van der Waals surface area (Å²) in [5.74, 6) is -0.121. The van der Waals surface area contributed by atoms with Gasteiger partial charge >= 0.3 is 0 Å². The summed E-state index contributed by atoms with van der Waals surface area (Å²) in [4.78, 5) is 21.7. The van der Waals surface area contributed by atoms with Crippen LogP contribution in [-0.4, -0.2) is 15.9 Å². The van der Waals surface area contributed by atoms with Crippen LogP contribution in [0.2, 0.25) is 0 Å². The lowest BCUT2D eigenvalue weighted by Crippen LogP contribution is -2.24. The van der Waals surface area contributed by atoms with Crippen molar-refractivity contribution in [1.29, 1.82) is 0 Å². The van der Waals surface area contributed by atoms with E-state index in [0.29, 0.717) is 0 Å². The van der Waals surface area contributed by atoms with E-state index in [-0.39, 0.29) is 11.9 Å². The van der Waals surface area contributed by atoms with Gasteiger partial charge in [0.1, 0.15) is 5.01 Å². The van der Waals surface area contributed by atoms with Crippen LogP contribution < -0.4 is 5.32 Å². The van der Waals surface area contributed by atoms with E-state index in [9.17, 15) is 4.79 Å². The van der Waals surface area contributed by atoms with Gasteiger partial charge in [0.25, 0.3) is 0 Å². The highest BCUT2D eigenvalue weighted by Gasteiger charge is 2.13. The number of carbonyl (C=O) groups is 1. The molecule has 0 aliphatic rings. The molecule has 4 nitrogen and oxygen atoms in total. The van der Waals surface area contributed by atoms with Gasteiger partial charge in [-0.2, -0.15) is 0 Å². The van der Waals surface area contributed by atoms with Crippen LogP contribution in [-0.2, 0) is 4.79 Å². The second-order valence-electron chi connectivity index (χ2n) is 4.89. The summed E-state index contributed by atoms with van der Waals surface area (Å²) in [5.41, 5.74) is 1.86. The van der Waals surface area contributed by atoms with Crippen LogP contribution in [0, 0.1) is 0 Å². The quantitative estimate of drug-likeness (QED) is 0.709. The number of pyridine rings is 1. The number of nitrogens with zero attached hydrogens (tertiary/aromatic N) is 2. The van der Waals surface area contributed by atoms with E-state index in [4.69, 9.17) is 0 Å². The summed E-state index contributed by atoms with van der Waals surface area (Å²) >= 11 is 3.13.